The minimum Gasteiger partial charge on any atom is -0.496 e. The van der Waals surface area contributed by atoms with Crippen LogP contribution in [-0.4, -0.2) is 32.9 Å². The average Bonchev–Trinajstić information content (AvgIpc) is 2.73. The molecule has 1 amide bonds. The first-order chi connectivity index (χ1) is 12.0. The van der Waals surface area contributed by atoms with Crippen LogP contribution in [0.1, 0.15) is 12.0 Å². The van der Waals surface area contributed by atoms with Gasteiger partial charge in [-0.3, -0.25) is 4.79 Å². The number of methoxy groups -OCH3 is 1. The molecule has 3 rings (SSSR count). The molecule has 1 heterocycles. The van der Waals surface area contributed by atoms with Gasteiger partial charge in [0, 0.05) is 31.5 Å². The lowest BCUT2D eigenvalue weighted by Crippen LogP contribution is -2.26. The SMILES string of the molecule is COc1cc(CN2CCC(=O)N(C)c3cc(F)ccc32)ccc1SC. The highest BCUT2D eigenvalue weighted by molar-refractivity contribution is 7.98. The minimum absolute atomic E-state index is 0.00957. The van der Waals surface area contributed by atoms with E-state index in [-0.39, 0.29) is 11.7 Å². The van der Waals surface area contributed by atoms with Gasteiger partial charge in [-0.25, -0.2) is 4.39 Å². The van der Waals surface area contributed by atoms with Crippen molar-refractivity contribution in [2.45, 2.75) is 17.9 Å². The highest BCUT2D eigenvalue weighted by Gasteiger charge is 2.24. The maximum atomic E-state index is 13.7. The summed E-state index contributed by atoms with van der Waals surface area (Å²) in [6.45, 7) is 1.22. The average molecular weight is 360 g/mol. The normalized spacial score (nSPS) is 14.3. The molecule has 25 heavy (non-hydrogen) atoms. The maximum absolute atomic E-state index is 13.7. The number of hydrogen-bond donors (Lipinski definition) is 0. The van der Waals surface area contributed by atoms with Crippen molar-refractivity contribution in [2.24, 2.45) is 0 Å². The van der Waals surface area contributed by atoms with Gasteiger partial charge in [0.2, 0.25) is 5.91 Å². The Balaban J connectivity index is 1.95. The number of thioether (sulfide) groups is 1. The number of amides is 1. The van der Waals surface area contributed by atoms with E-state index >= 15 is 0 Å². The van der Waals surface area contributed by atoms with E-state index in [1.165, 1.54) is 17.0 Å². The fraction of sp³-hybridized carbons (Fsp3) is 0.316. The van der Waals surface area contributed by atoms with Crippen LogP contribution < -0.4 is 14.5 Å². The summed E-state index contributed by atoms with van der Waals surface area (Å²) in [5.74, 6) is 0.489. The van der Waals surface area contributed by atoms with E-state index in [4.69, 9.17) is 4.74 Å². The molecular weight excluding hydrogens is 339 g/mol. The summed E-state index contributed by atoms with van der Waals surface area (Å²) in [7, 11) is 3.36. The van der Waals surface area contributed by atoms with Crippen LogP contribution in [0.2, 0.25) is 0 Å². The molecule has 0 radical (unpaired) electrons. The monoisotopic (exact) mass is 360 g/mol. The number of carbonyl (C=O) groups excluding carboxylic acids is 1. The van der Waals surface area contributed by atoms with Crippen molar-refractivity contribution in [1.82, 2.24) is 0 Å². The molecule has 0 unspecified atom stereocenters. The van der Waals surface area contributed by atoms with Gasteiger partial charge in [0.1, 0.15) is 11.6 Å². The third kappa shape index (κ3) is 3.58. The van der Waals surface area contributed by atoms with Gasteiger partial charge >= 0.3 is 0 Å². The van der Waals surface area contributed by atoms with Crippen molar-refractivity contribution < 1.29 is 13.9 Å². The maximum Gasteiger partial charge on any atom is 0.228 e. The standard InChI is InChI=1S/C19H21FN2O2S/c1-21-16-11-14(20)5-6-15(16)22(9-8-19(21)23)12-13-4-7-18(25-3)17(10-13)24-2/h4-7,10-11H,8-9,12H2,1-3H3. The Morgan fingerprint density at radius 2 is 2.00 bits per heavy atom. The van der Waals surface area contributed by atoms with E-state index in [0.29, 0.717) is 25.2 Å². The van der Waals surface area contributed by atoms with E-state index in [0.717, 1.165) is 21.9 Å². The van der Waals surface area contributed by atoms with Crippen molar-refractivity contribution in [1.29, 1.82) is 0 Å². The van der Waals surface area contributed by atoms with Crippen LogP contribution >= 0.6 is 11.8 Å². The molecule has 2 aromatic carbocycles. The molecule has 0 saturated carbocycles. The van der Waals surface area contributed by atoms with Crippen LogP contribution in [-0.2, 0) is 11.3 Å². The van der Waals surface area contributed by atoms with E-state index in [2.05, 4.69) is 11.0 Å². The van der Waals surface area contributed by atoms with Crippen molar-refractivity contribution in [3.8, 4) is 5.75 Å². The van der Waals surface area contributed by atoms with Gasteiger partial charge in [0.25, 0.3) is 0 Å². The van der Waals surface area contributed by atoms with Crippen LogP contribution in [0, 0.1) is 5.82 Å². The molecule has 1 aliphatic rings. The highest BCUT2D eigenvalue weighted by Crippen LogP contribution is 2.35. The third-order valence-electron chi connectivity index (χ3n) is 4.43. The summed E-state index contributed by atoms with van der Waals surface area (Å²) >= 11 is 1.64. The van der Waals surface area contributed by atoms with Gasteiger partial charge in [0.05, 0.1) is 18.5 Å². The third-order valence-corrected chi connectivity index (χ3v) is 5.21. The van der Waals surface area contributed by atoms with Crippen LogP contribution in [0.4, 0.5) is 15.8 Å². The molecule has 0 spiro atoms. The molecule has 132 valence electrons. The van der Waals surface area contributed by atoms with E-state index < -0.39 is 0 Å². The second-order valence-corrected chi connectivity index (χ2v) is 6.79. The van der Waals surface area contributed by atoms with Gasteiger partial charge in [0.15, 0.2) is 0 Å². The summed E-state index contributed by atoms with van der Waals surface area (Å²) < 4.78 is 19.1. The Hall–Kier alpha value is -2.21. The van der Waals surface area contributed by atoms with E-state index in [9.17, 15) is 9.18 Å². The number of carbonyl (C=O) groups is 1. The Labute approximate surface area is 151 Å². The second kappa shape index (κ2) is 7.35. The Morgan fingerprint density at radius 3 is 2.72 bits per heavy atom. The van der Waals surface area contributed by atoms with Crippen LogP contribution in [0.5, 0.6) is 5.75 Å². The molecule has 0 aromatic heterocycles. The molecule has 0 atom stereocenters. The molecule has 0 saturated heterocycles. The first-order valence-corrected chi connectivity index (χ1v) is 9.28. The van der Waals surface area contributed by atoms with Crippen molar-refractivity contribution >= 4 is 29.0 Å². The van der Waals surface area contributed by atoms with Gasteiger partial charge in [-0.1, -0.05) is 6.07 Å². The van der Waals surface area contributed by atoms with E-state index in [1.807, 2.05) is 18.4 Å². The Kier molecular flexibility index (Phi) is 5.18. The number of rotatable bonds is 4. The Morgan fingerprint density at radius 1 is 1.20 bits per heavy atom. The first kappa shape index (κ1) is 17.6. The predicted molar refractivity (Wildman–Crippen MR) is 100 cm³/mol. The number of hydrogen-bond acceptors (Lipinski definition) is 4. The van der Waals surface area contributed by atoms with Gasteiger partial charge in [-0.05, 0) is 42.2 Å². The Bertz CT molecular complexity index is 797. The molecule has 0 N–H and O–H groups in total. The zero-order valence-electron chi connectivity index (χ0n) is 14.6. The number of halogens is 1. The highest BCUT2D eigenvalue weighted by atomic mass is 32.2. The molecule has 0 bridgehead atoms. The molecule has 6 heteroatoms. The molecule has 4 nitrogen and oxygen atoms in total. The number of benzene rings is 2. The van der Waals surface area contributed by atoms with Gasteiger partial charge in [-0.2, -0.15) is 0 Å². The lowest BCUT2D eigenvalue weighted by Gasteiger charge is -2.26. The molecule has 0 fully saturated rings. The molecule has 2 aromatic rings. The second-order valence-electron chi connectivity index (χ2n) is 5.95. The van der Waals surface area contributed by atoms with Gasteiger partial charge < -0.3 is 14.5 Å². The smallest absolute Gasteiger partial charge is 0.228 e. The zero-order chi connectivity index (χ0) is 18.0. The van der Waals surface area contributed by atoms with Crippen LogP contribution in [0.25, 0.3) is 0 Å². The lowest BCUT2D eigenvalue weighted by molar-refractivity contribution is -0.118. The molecule has 0 aliphatic carbocycles. The molecule has 1 aliphatic heterocycles. The first-order valence-electron chi connectivity index (χ1n) is 8.05. The lowest BCUT2D eigenvalue weighted by atomic mass is 10.1. The summed E-state index contributed by atoms with van der Waals surface area (Å²) in [5, 5.41) is 0. The summed E-state index contributed by atoms with van der Waals surface area (Å²) in [6, 6.07) is 10.7. The minimum atomic E-state index is -0.341. The van der Waals surface area contributed by atoms with Crippen LogP contribution in [0.3, 0.4) is 0 Å². The predicted octanol–water partition coefficient (Wildman–Crippen LogP) is 3.93. The van der Waals surface area contributed by atoms with Crippen molar-refractivity contribution in [3.05, 3.63) is 47.8 Å². The largest absolute Gasteiger partial charge is 0.496 e. The fourth-order valence-corrected chi connectivity index (χ4v) is 3.60. The zero-order valence-corrected chi connectivity index (χ0v) is 15.4. The number of nitrogens with zero attached hydrogens (tertiary/aromatic N) is 2. The van der Waals surface area contributed by atoms with Crippen molar-refractivity contribution in [2.75, 3.05) is 36.8 Å². The van der Waals surface area contributed by atoms with Crippen molar-refractivity contribution in [3.63, 3.8) is 0 Å². The summed E-state index contributed by atoms with van der Waals surface area (Å²) in [6.07, 6.45) is 2.41. The van der Waals surface area contributed by atoms with E-state index in [1.54, 1.807) is 32.0 Å². The topological polar surface area (TPSA) is 32.8 Å². The summed E-state index contributed by atoms with van der Waals surface area (Å²) in [5.41, 5.74) is 2.56. The fourth-order valence-electron chi connectivity index (χ4n) is 3.05. The number of anilines is 2. The number of fused-ring (bicyclic) bond motifs is 1. The van der Waals surface area contributed by atoms with Crippen LogP contribution in [0.15, 0.2) is 41.3 Å². The van der Waals surface area contributed by atoms with Gasteiger partial charge in [-0.15, -0.1) is 11.8 Å². The quantitative estimate of drug-likeness (QED) is 0.774. The molecular formula is C19H21FN2O2S. The number of ether oxygens (including phenoxy) is 1. The summed E-state index contributed by atoms with van der Waals surface area (Å²) in [4.78, 5) is 17.0.